The molecular formula is C38H58N5O2P. The molecule has 1 aromatic rings. The maximum atomic E-state index is 12.2. The van der Waals surface area contributed by atoms with E-state index in [0.717, 1.165) is 69.4 Å². The van der Waals surface area contributed by atoms with E-state index < -0.39 is 7.14 Å². The fourth-order valence-electron chi connectivity index (χ4n) is 7.60. The van der Waals surface area contributed by atoms with Crippen molar-refractivity contribution < 1.29 is 9.30 Å². The molecule has 5 rings (SSSR count). The van der Waals surface area contributed by atoms with Crippen LogP contribution in [0.5, 0.6) is 6.01 Å². The van der Waals surface area contributed by atoms with Crippen molar-refractivity contribution >= 4 is 13.0 Å². The summed E-state index contributed by atoms with van der Waals surface area (Å²) in [5.41, 5.74) is 6.53. The zero-order valence-corrected chi connectivity index (χ0v) is 30.3. The molecule has 8 heteroatoms. The van der Waals surface area contributed by atoms with Gasteiger partial charge >= 0.3 is 6.01 Å². The molecule has 4 aliphatic rings. The van der Waals surface area contributed by atoms with Crippen LogP contribution in [0.4, 0.5) is 5.82 Å². The van der Waals surface area contributed by atoms with E-state index in [1.807, 2.05) is 13.3 Å². The highest BCUT2D eigenvalue weighted by Gasteiger charge is 2.45. The maximum absolute atomic E-state index is 12.2. The predicted octanol–water partition coefficient (Wildman–Crippen LogP) is 7.79. The predicted molar refractivity (Wildman–Crippen MR) is 194 cm³/mol. The molecule has 1 atom stereocenters. The minimum atomic E-state index is -1.95. The van der Waals surface area contributed by atoms with Crippen molar-refractivity contribution in [2.75, 3.05) is 64.2 Å². The van der Waals surface area contributed by atoms with Crippen LogP contribution in [0.15, 0.2) is 59.3 Å². The monoisotopic (exact) mass is 647 g/mol. The third-order valence-electron chi connectivity index (χ3n) is 10.6. The highest BCUT2D eigenvalue weighted by molar-refractivity contribution is 7.62. The van der Waals surface area contributed by atoms with Crippen LogP contribution in [0.3, 0.4) is 0 Å². The lowest BCUT2D eigenvalue weighted by molar-refractivity contribution is 0.107. The van der Waals surface area contributed by atoms with Crippen LogP contribution >= 0.6 is 7.14 Å². The number of hydrogen-bond acceptors (Lipinski definition) is 7. The van der Waals surface area contributed by atoms with Crippen LogP contribution in [0.2, 0.25) is 0 Å². The van der Waals surface area contributed by atoms with Crippen LogP contribution in [-0.2, 0) is 17.5 Å². The summed E-state index contributed by atoms with van der Waals surface area (Å²) < 4.78 is 18.7. The highest BCUT2D eigenvalue weighted by atomic mass is 31.2. The van der Waals surface area contributed by atoms with E-state index in [4.69, 9.17) is 14.7 Å². The van der Waals surface area contributed by atoms with Crippen LogP contribution in [-0.4, -0.2) is 90.7 Å². The molecule has 46 heavy (non-hydrogen) atoms. The standard InChI is InChI=1S/C38H58N5O2P/c1-7-30(2)16-13-18-32-17-9-10-19-35(31(32)3)42-26-20-33-34(28-42)39-37(45-29-38-21-14-24-43(38)25-15-22-38)40-36(33)41(4)23-11-8-12-27-46(5,6)44/h9-10,13,16-19,35H,7-8,11-12,14-15,20-29H2,1-6H3/b18-13-,30-16+. The zero-order valence-electron chi connectivity index (χ0n) is 29.4. The van der Waals surface area contributed by atoms with Gasteiger partial charge in [-0.15, -0.1) is 0 Å². The lowest BCUT2D eigenvalue weighted by Crippen LogP contribution is -2.44. The Morgan fingerprint density at radius 3 is 2.65 bits per heavy atom. The average Bonchev–Trinajstić information content (AvgIpc) is 3.56. The Bertz CT molecular complexity index is 1410. The Morgan fingerprint density at radius 1 is 1.13 bits per heavy atom. The first-order valence-electron chi connectivity index (χ1n) is 17.7. The van der Waals surface area contributed by atoms with E-state index in [9.17, 15) is 4.57 Å². The normalized spacial score (nSPS) is 22.0. The van der Waals surface area contributed by atoms with Crippen molar-refractivity contribution in [1.29, 1.82) is 0 Å². The topological polar surface area (TPSA) is 61.8 Å². The summed E-state index contributed by atoms with van der Waals surface area (Å²) in [5, 5.41) is 0. The minimum absolute atomic E-state index is 0.157. The molecule has 0 bridgehead atoms. The molecule has 2 fully saturated rings. The summed E-state index contributed by atoms with van der Waals surface area (Å²) in [5.74, 6) is 1.02. The van der Waals surface area contributed by atoms with Crippen molar-refractivity contribution in [2.24, 2.45) is 0 Å². The maximum Gasteiger partial charge on any atom is 0.318 e. The quantitative estimate of drug-likeness (QED) is 0.116. The van der Waals surface area contributed by atoms with Gasteiger partial charge < -0.3 is 14.2 Å². The molecule has 1 aromatic heterocycles. The molecular weight excluding hydrogens is 589 g/mol. The number of unbranched alkanes of at least 4 members (excludes halogenated alkanes) is 2. The van der Waals surface area contributed by atoms with E-state index in [1.54, 1.807) is 0 Å². The molecule has 0 saturated carbocycles. The zero-order chi connectivity index (χ0) is 32.7. The Labute approximate surface area is 278 Å². The minimum Gasteiger partial charge on any atom is -0.461 e. The van der Waals surface area contributed by atoms with Crippen molar-refractivity contribution in [3.8, 4) is 6.01 Å². The van der Waals surface area contributed by atoms with Crippen molar-refractivity contribution in [3.63, 3.8) is 0 Å². The van der Waals surface area contributed by atoms with Crippen molar-refractivity contribution in [3.05, 3.63) is 70.5 Å². The number of hydrogen-bond donors (Lipinski definition) is 0. The third kappa shape index (κ3) is 8.70. The van der Waals surface area contributed by atoms with Gasteiger partial charge in [-0.1, -0.05) is 61.4 Å². The Morgan fingerprint density at radius 2 is 1.91 bits per heavy atom. The van der Waals surface area contributed by atoms with Gasteiger partial charge in [-0.05, 0) is 103 Å². The molecule has 2 saturated heterocycles. The largest absolute Gasteiger partial charge is 0.461 e. The molecule has 0 N–H and O–H groups in total. The molecule has 1 aliphatic carbocycles. The molecule has 4 heterocycles. The summed E-state index contributed by atoms with van der Waals surface area (Å²) in [7, 11) is 0.212. The molecule has 3 aliphatic heterocycles. The molecule has 7 nitrogen and oxygen atoms in total. The van der Waals surface area contributed by atoms with Crippen molar-refractivity contribution in [1.82, 2.24) is 19.8 Å². The van der Waals surface area contributed by atoms with E-state index in [-0.39, 0.29) is 11.6 Å². The smallest absolute Gasteiger partial charge is 0.318 e. The second-order valence-corrected chi connectivity index (χ2v) is 18.1. The lowest BCUT2D eigenvalue weighted by Gasteiger charge is -2.36. The number of nitrogens with zero attached hydrogens (tertiary/aromatic N) is 5. The number of ether oxygens (including phenoxy) is 1. The van der Waals surface area contributed by atoms with Gasteiger partial charge in [0.2, 0.25) is 0 Å². The second-order valence-electron chi connectivity index (χ2n) is 14.5. The van der Waals surface area contributed by atoms with Crippen LogP contribution in [0.1, 0.15) is 83.4 Å². The fourth-order valence-corrected chi connectivity index (χ4v) is 8.59. The number of anilines is 1. The Hall–Kier alpha value is -2.47. The number of rotatable bonds is 14. The molecule has 0 amide bonds. The van der Waals surface area contributed by atoms with E-state index in [1.165, 1.54) is 61.1 Å². The van der Waals surface area contributed by atoms with Gasteiger partial charge in [-0.2, -0.15) is 9.97 Å². The summed E-state index contributed by atoms with van der Waals surface area (Å²) >= 11 is 0. The number of fused-ring (bicyclic) bond motifs is 2. The molecule has 252 valence electrons. The fraction of sp³-hybridized carbons (Fsp3) is 0.632. The summed E-state index contributed by atoms with van der Waals surface area (Å²) in [4.78, 5) is 17.7. The van der Waals surface area contributed by atoms with Crippen LogP contribution < -0.4 is 9.64 Å². The van der Waals surface area contributed by atoms with Crippen LogP contribution in [0.25, 0.3) is 0 Å². The van der Waals surface area contributed by atoms with Gasteiger partial charge in [0.05, 0.1) is 24.4 Å². The lowest BCUT2D eigenvalue weighted by atomic mass is 9.95. The van der Waals surface area contributed by atoms with Crippen LogP contribution in [0, 0.1) is 0 Å². The van der Waals surface area contributed by atoms with Gasteiger partial charge in [0.15, 0.2) is 0 Å². The summed E-state index contributed by atoms with van der Waals surface area (Å²) in [6.07, 6.45) is 26.5. The van der Waals surface area contributed by atoms with Crippen molar-refractivity contribution in [2.45, 2.75) is 96.7 Å². The van der Waals surface area contributed by atoms with Gasteiger partial charge in [0.25, 0.3) is 0 Å². The van der Waals surface area contributed by atoms with Gasteiger partial charge in [-0.3, -0.25) is 9.80 Å². The van der Waals surface area contributed by atoms with E-state index >= 15 is 0 Å². The summed E-state index contributed by atoms with van der Waals surface area (Å²) in [6.45, 7) is 16.1. The molecule has 0 spiro atoms. The Balaban J connectivity index is 1.36. The second kappa shape index (κ2) is 15.6. The first-order valence-corrected chi connectivity index (χ1v) is 20.5. The number of aromatic nitrogens is 2. The molecule has 0 radical (unpaired) electrons. The van der Waals surface area contributed by atoms with Gasteiger partial charge in [0.1, 0.15) is 12.4 Å². The average molecular weight is 648 g/mol. The Kier molecular flexibility index (Phi) is 11.8. The number of allylic oxidation sites excluding steroid dienone is 8. The summed E-state index contributed by atoms with van der Waals surface area (Å²) in [6, 6.07) is 0.734. The molecule has 1 unspecified atom stereocenters. The molecule has 0 aromatic carbocycles. The highest BCUT2D eigenvalue weighted by Crippen LogP contribution is 2.40. The van der Waals surface area contributed by atoms with Gasteiger partial charge in [-0.25, -0.2) is 0 Å². The third-order valence-corrected chi connectivity index (χ3v) is 12.0. The van der Waals surface area contributed by atoms with E-state index in [0.29, 0.717) is 12.6 Å². The first kappa shape index (κ1) is 34.9. The van der Waals surface area contributed by atoms with Gasteiger partial charge in [0, 0.05) is 38.4 Å². The SMILES string of the molecule is CC/C(C)=C/C=C\C1=C(C)C(N2CCc3c(nc(OCC45CCCN4CCC5)nc3N(C)CCCCCP(C)(C)=O)C2)C=CC=C1. The van der Waals surface area contributed by atoms with E-state index in [2.05, 4.69) is 85.1 Å². The first-order chi connectivity index (χ1) is 22.1.